The number of carbonyl (C=O) groups is 1. The van der Waals surface area contributed by atoms with Crippen LogP contribution in [0.3, 0.4) is 0 Å². The molecule has 0 N–H and O–H groups in total. The Labute approximate surface area is 204 Å². The lowest BCUT2D eigenvalue weighted by Crippen LogP contribution is -2.49. The summed E-state index contributed by atoms with van der Waals surface area (Å²) in [5.41, 5.74) is 3.34. The highest BCUT2D eigenvalue weighted by Crippen LogP contribution is 2.25. The van der Waals surface area contributed by atoms with E-state index in [0.717, 1.165) is 53.9 Å². The molecule has 1 aliphatic rings. The zero-order valence-electron chi connectivity index (χ0n) is 18.6. The summed E-state index contributed by atoms with van der Waals surface area (Å²) < 4.78 is 7.36. The molecule has 1 saturated heterocycles. The quantitative estimate of drug-likeness (QED) is 0.384. The van der Waals surface area contributed by atoms with E-state index in [4.69, 9.17) is 4.74 Å². The van der Waals surface area contributed by atoms with Crippen molar-refractivity contribution in [1.29, 1.82) is 0 Å². The van der Waals surface area contributed by atoms with Crippen LogP contribution in [-0.2, 0) is 9.53 Å². The van der Waals surface area contributed by atoms with Crippen molar-refractivity contribution >= 4 is 27.9 Å². The SMILES string of the molecule is O=C(/C=C/c1cccc(Br)c1)N1CCN(CCOC(c2ccccc2)c2ccccc2)CC1. The first-order chi connectivity index (χ1) is 16.2. The fourth-order valence-electron chi connectivity index (χ4n) is 4.02. The average Bonchev–Trinajstić information content (AvgIpc) is 2.87. The van der Waals surface area contributed by atoms with Crippen LogP contribution in [0.15, 0.2) is 95.5 Å². The number of hydrogen-bond donors (Lipinski definition) is 0. The summed E-state index contributed by atoms with van der Waals surface area (Å²) in [7, 11) is 0. The lowest BCUT2D eigenvalue weighted by molar-refractivity contribution is -0.127. The highest BCUT2D eigenvalue weighted by molar-refractivity contribution is 9.10. The number of hydrogen-bond acceptors (Lipinski definition) is 3. The lowest BCUT2D eigenvalue weighted by atomic mass is 10.0. The Morgan fingerprint density at radius 3 is 2.12 bits per heavy atom. The summed E-state index contributed by atoms with van der Waals surface area (Å²) in [6.45, 7) is 4.70. The highest BCUT2D eigenvalue weighted by atomic mass is 79.9. The minimum absolute atomic E-state index is 0.0686. The van der Waals surface area contributed by atoms with Gasteiger partial charge in [-0.1, -0.05) is 88.7 Å². The van der Waals surface area contributed by atoms with Crippen molar-refractivity contribution in [3.8, 4) is 0 Å². The van der Waals surface area contributed by atoms with Gasteiger partial charge in [0.15, 0.2) is 0 Å². The monoisotopic (exact) mass is 504 g/mol. The Kier molecular flexibility index (Phi) is 8.47. The summed E-state index contributed by atoms with van der Waals surface area (Å²) in [4.78, 5) is 16.9. The molecule has 1 heterocycles. The van der Waals surface area contributed by atoms with Gasteiger partial charge >= 0.3 is 0 Å². The van der Waals surface area contributed by atoms with Crippen LogP contribution in [0, 0.1) is 0 Å². The van der Waals surface area contributed by atoms with Crippen LogP contribution in [0.25, 0.3) is 6.08 Å². The molecule has 0 unspecified atom stereocenters. The summed E-state index contributed by atoms with van der Waals surface area (Å²) in [5, 5.41) is 0. The number of nitrogens with zero attached hydrogens (tertiary/aromatic N) is 2. The predicted molar refractivity (Wildman–Crippen MR) is 137 cm³/mol. The van der Waals surface area contributed by atoms with Gasteiger partial charge in [-0.15, -0.1) is 0 Å². The number of carbonyl (C=O) groups excluding carboxylic acids is 1. The molecule has 0 saturated carbocycles. The van der Waals surface area contributed by atoms with Crippen molar-refractivity contribution in [2.24, 2.45) is 0 Å². The van der Waals surface area contributed by atoms with E-state index in [1.54, 1.807) is 6.08 Å². The summed E-state index contributed by atoms with van der Waals surface area (Å²) in [6.07, 6.45) is 3.48. The first kappa shape index (κ1) is 23.4. The zero-order chi connectivity index (χ0) is 22.9. The van der Waals surface area contributed by atoms with Gasteiger partial charge in [0.05, 0.1) is 6.61 Å². The Hall–Kier alpha value is -2.73. The van der Waals surface area contributed by atoms with Crippen LogP contribution in [0.5, 0.6) is 0 Å². The summed E-state index contributed by atoms with van der Waals surface area (Å²) in [6, 6.07) is 28.7. The molecule has 5 heteroatoms. The second kappa shape index (κ2) is 11.9. The van der Waals surface area contributed by atoms with Crippen LogP contribution >= 0.6 is 15.9 Å². The van der Waals surface area contributed by atoms with Gasteiger partial charge in [0.2, 0.25) is 5.91 Å². The van der Waals surface area contributed by atoms with Crippen molar-refractivity contribution in [3.05, 3.63) is 112 Å². The molecule has 4 rings (SSSR count). The van der Waals surface area contributed by atoms with E-state index in [-0.39, 0.29) is 12.0 Å². The molecule has 170 valence electrons. The van der Waals surface area contributed by atoms with Gasteiger partial charge in [-0.2, -0.15) is 0 Å². The van der Waals surface area contributed by atoms with Crippen LogP contribution in [0.4, 0.5) is 0 Å². The molecule has 3 aromatic rings. The molecule has 3 aromatic carbocycles. The van der Waals surface area contributed by atoms with Crippen LogP contribution in [0.2, 0.25) is 0 Å². The van der Waals surface area contributed by atoms with Gasteiger partial charge in [-0.3, -0.25) is 9.69 Å². The van der Waals surface area contributed by atoms with Crippen molar-refractivity contribution < 1.29 is 9.53 Å². The van der Waals surface area contributed by atoms with Gasteiger partial charge in [0, 0.05) is 43.3 Å². The maximum Gasteiger partial charge on any atom is 0.246 e. The van der Waals surface area contributed by atoms with Crippen molar-refractivity contribution in [3.63, 3.8) is 0 Å². The number of halogens is 1. The van der Waals surface area contributed by atoms with Crippen LogP contribution < -0.4 is 0 Å². The number of benzene rings is 3. The predicted octanol–water partition coefficient (Wildman–Crippen LogP) is 5.41. The Bertz CT molecular complexity index is 1010. The van der Waals surface area contributed by atoms with Crippen molar-refractivity contribution in [2.75, 3.05) is 39.3 Å². The third-order valence-electron chi connectivity index (χ3n) is 5.85. The number of ether oxygens (including phenoxy) is 1. The minimum Gasteiger partial charge on any atom is -0.367 e. The second-order valence-corrected chi connectivity index (χ2v) is 9.04. The van der Waals surface area contributed by atoms with E-state index in [0.29, 0.717) is 6.61 Å². The molecular formula is C28H29BrN2O2. The van der Waals surface area contributed by atoms with E-state index < -0.39 is 0 Å². The van der Waals surface area contributed by atoms with E-state index in [1.165, 1.54) is 0 Å². The molecule has 0 atom stereocenters. The molecule has 4 nitrogen and oxygen atoms in total. The zero-order valence-corrected chi connectivity index (χ0v) is 20.2. The highest BCUT2D eigenvalue weighted by Gasteiger charge is 2.20. The number of rotatable bonds is 8. The smallest absolute Gasteiger partial charge is 0.246 e. The molecule has 33 heavy (non-hydrogen) atoms. The van der Waals surface area contributed by atoms with Gasteiger partial charge in [0.1, 0.15) is 6.10 Å². The van der Waals surface area contributed by atoms with Crippen molar-refractivity contribution in [2.45, 2.75) is 6.10 Å². The maximum absolute atomic E-state index is 12.6. The average molecular weight is 505 g/mol. The largest absolute Gasteiger partial charge is 0.367 e. The molecule has 0 bridgehead atoms. The maximum atomic E-state index is 12.6. The third kappa shape index (κ3) is 6.87. The standard InChI is InChI=1S/C28H29BrN2O2/c29-26-13-7-8-23(22-26)14-15-27(32)31-18-16-30(17-19-31)20-21-33-28(24-9-3-1-4-10-24)25-11-5-2-6-12-25/h1-15,22,28H,16-21H2/b15-14+. The molecule has 1 aliphatic heterocycles. The van der Waals surface area contributed by atoms with Crippen LogP contribution in [-0.4, -0.2) is 55.0 Å². The molecule has 1 fully saturated rings. The van der Waals surface area contributed by atoms with Gasteiger partial charge < -0.3 is 9.64 Å². The topological polar surface area (TPSA) is 32.8 Å². The first-order valence-corrected chi connectivity index (χ1v) is 12.1. The van der Waals surface area contributed by atoms with E-state index in [2.05, 4.69) is 69.4 Å². The molecular weight excluding hydrogens is 476 g/mol. The van der Waals surface area contributed by atoms with Crippen LogP contribution in [0.1, 0.15) is 22.8 Å². The number of amides is 1. The van der Waals surface area contributed by atoms with Gasteiger partial charge in [-0.05, 0) is 34.9 Å². The fraction of sp³-hybridized carbons (Fsp3) is 0.250. The summed E-state index contributed by atoms with van der Waals surface area (Å²) >= 11 is 3.46. The summed E-state index contributed by atoms with van der Waals surface area (Å²) in [5.74, 6) is 0.0686. The van der Waals surface area contributed by atoms with Gasteiger partial charge in [0.25, 0.3) is 0 Å². The molecule has 0 radical (unpaired) electrons. The third-order valence-corrected chi connectivity index (χ3v) is 6.34. The Morgan fingerprint density at radius 1 is 0.879 bits per heavy atom. The molecule has 0 spiro atoms. The number of piperazine rings is 1. The normalized spacial score (nSPS) is 14.8. The lowest BCUT2D eigenvalue weighted by Gasteiger charge is -2.34. The van der Waals surface area contributed by atoms with Gasteiger partial charge in [-0.25, -0.2) is 0 Å². The van der Waals surface area contributed by atoms with E-state index >= 15 is 0 Å². The first-order valence-electron chi connectivity index (χ1n) is 11.4. The Balaban J connectivity index is 1.25. The minimum atomic E-state index is -0.0709. The Morgan fingerprint density at radius 2 is 1.52 bits per heavy atom. The molecule has 1 amide bonds. The molecule has 0 aromatic heterocycles. The van der Waals surface area contributed by atoms with Crippen molar-refractivity contribution in [1.82, 2.24) is 9.80 Å². The van der Waals surface area contributed by atoms with E-state index in [1.807, 2.05) is 47.4 Å². The molecule has 0 aliphatic carbocycles. The fourth-order valence-corrected chi connectivity index (χ4v) is 4.43. The second-order valence-electron chi connectivity index (χ2n) is 8.13. The van der Waals surface area contributed by atoms with E-state index in [9.17, 15) is 4.79 Å².